The van der Waals surface area contributed by atoms with Crippen LogP contribution in [0.15, 0.2) is 35.5 Å². The van der Waals surface area contributed by atoms with E-state index >= 15 is 0 Å². The summed E-state index contributed by atoms with van der Waals surface area (Å²) in [6.45, 7) is 0.0226. The molecule has 1 aromatic carbocycles. The Morgan fingerprint density at radius 3 is 2.70 bits per heavy atom. The molecule has 0 aliphatic rings. The molecule has 0 saturated heterocycles. The van der Waals surface area contributed by atoms with Crippen LogP contribution in [0.1, 0.15) is 15.4 Å². The van der Waals surface area contributed by atoms with Crippen LogP contribution in [0.4, 0.5) is 8.78 Å². The number of rotatable bonds is 6. The number of benzene rings is 1. The van der Waals surface area contributed by atoms with Gasteiger partial charge in [-0.15, -0.1) is 11.3 Å². The van der Waals surface area contributed by atoms with E-state index in [2.05, 4.69) is 25.3 Å². The Morgan fingerprint density at radius 1 is 1.30 bits per heavy atom. The number of hydrogen-bond donors (Lipinski definition) is 2. The summed E-state index contributed by atoms with van der Waals surface area (Å²) in [5, 5.41) is 7.23. The van der Waals surface area contributed by atoms with Gasteiger partial charge >= 0.3 is 6.61 Å². The third-order valence-electron chi connectivity index (χ3n) is 2.96. The van der Waals surface area contributed by atoms with Crippen molar-refractivity contribution in [3.8, 4) is 5.75 Å². The third-order valence-corrected chi connectivity index (χ3v) is 3.87. The fraction of sp³-hybridized carbons (Fsp3) is 0.333. The average Bonchev–Trinajstić information content (AvgIpc) is 2.94. The van der Waals surface area contributed by atoms with E-state index in [1.165, 1.54) is 6.07 Å². The molecule has 0 aliphatic heterocycles. The molecule has 0 amide bonds. The molecule has 2 rings (SSSR count). The molecule has 0 spiro atoms. The minimum Gasteiger partial charge on any atom is -0.434 e. The Bertz CT molecular complexity index is 660. The molecule has 124 valence electrons. The van der Waals surface area contributed by atoms with Gasteiger partial charge in [0, 0.05) is 30.2 Å². The number of alkyl halides is 2. The smallest absolute Gasteiger partial charge is 0.387 e. The highest BCUT2D eigenvalue weighted by atomic mass is 32.1. The molecule has 0 unspecified atom stereocenters. The van der Waals surface area contributed by atoms with Crippen LogP contribution in [0.2, 0.25) is 0 Å². The molecule has 1 heterocycles. The topological polar surface area (TPSA) is 58.5 Å². The van der Waals surface area contributed by atoms with Crippen LogP contribution in [0, 0.1) is 6.92 Å². The van der Waals surface area contributed by atoms with Gasteiger partial charge < -0.3 is 15.4 Å². The van der Waals surface area contributed by atoms with Crippen LogP contribution in [-0.2, 0) is 13.1 Å². The number of hydrogen-bond acceptors (Lipinski definition) is 4. The van der Waals surface area contributed by atoms with Crippen molar-refractivity contribution in [2.75, 3.05) is 7.05 Å². The lowest BCUT2D eigenvalue weighted by Gasteiger charge is -2.14. The summed E-state index contributed by atoms with van der Waals surface area (Å²) in [6.07, 6.45) is 1.81. The quantitative estimate of drug-likeness (QED) is 0.627. The number of aromatic nitrogens is 1. The zero-order valence-corrected chi connectivity index (χ0v) is 13.7. The van der Waals surface area contributed by atoms with E-state index in [0.29, 0.717) is 24.6 Å². The zero-order valence-electron chi connectivity index (χ0n) is 12.8. The summed E-state index contributed by atoms with van der Waals surface area (Å²) in [5.41, 5.74) is 0.629. The second kappa shape index (κ2) is 8.42. The lowest BCUT2D eigenvalue weighted by Crippen LogP contribution is -2.36. The number of ether oxygens (including phenoxy) is 1. The average molecular weight is 340 g/mol. The van der Waals surface area contributed by atoms with E-state index in [4.69, 9.17) is 0 Å². The molecule has 0 bridgehead atoms. The number of nitrogens with one attached hydrogen (secondary N) is 2. The van der Waals surface area contributed by atoms with Crippen molar-refractivity contribution in [2.24, 2.45) is 4.99 Å². The summed E-state index contributed by atoms with van der Waals surface area (Å²) in [4.78, 5) is 9.38. The summed E-state index contributed by atoms with van der Waals surface area (Å²) in [7, 11) is 1.65. The number of aliphatic imine (C=N–C) groups is 1. The van der Waals surface area contributed by atoms with Crippen molar-refractivity contribution < 1.29 is 13.5 Å². The van der Waals surface area contributed by atoms with E-state index in [1.807, 2.05) is 13.1 Å². The largest absolute Gasteiger partial charge is 0.434 e. The minimum absolute atomic E-state index is 0.156. The Morgan fingerprint density at radius 2 is 2.04 bits per heavy atom. The lowest BCUT2D eigenvalue weighted by atomic mass is 10.2. The maximum Gasteiger partial charge on any atom is 0.387 e. The van der Waals surface area contributed by atoms with E-state index in [-0.39, 0.29) is 5.75 Å². The zero-order chi connectivity index (χ0) is 16.7. The Balaban J connectivity index is 1.90. The second-order valence-corrected chi connectivity index (χ2v) is 5.93. The van der Waals surface area contributed by atoms with Gasteiger partial charge in [-0.2, -0.15) is 8.78 Å². The van der Waals surface area contributed by atoms with Crippen molar-refractivity contribution in [3.05, 3.63) is 45.9 Å². The van der Waals surface area contributed by atoms with Crippen LogP contribution in [0.25, 0.3) is 0 Å². The Hall–Kier alpha value is -2.22. The SMILES string of the molecule is CN=C(NCc1cnc(C)s1)NCc1ccccc1OC(F)F. The third kappa shape index (κ3) is 5.48. The molecule has 0 atom stereocenters. The molecule has 23 heavy (non-hydrogen) atoms. The molecule has 0 aliphatic carbocycles. The van der Waals surface area contributed by atoms with E-state index in [9.17, 15) is 8.78 Å². The van der Waals surface area contributed by atoms with Crippen LogP contribution < -0.4 is 15.4 Å². The van der Waals surface area contributed by atoms with Crippen molar-refractivity contribution in [1.82, 2.24) is 15.6 Å². The maximum absolute atomic E-state index is 12.4. The first kappa shape index (κ1) is 17.1. The molecule has 8 heteroatoms. The fourth-order valence-electron chi connectivity index (χ4n) is 1.92. The van der Waals surface area contributed by atoms with Gasteiger partial charge in [0.05, 0.1) is 11.6 Å². The van der Waals surface area contributed by atoms with Gasteiger partial charge in [0.1, 0.15) is 5.75 Å². The summed E-state index contributed by atoms with van der Waals surface area (Å²) in [5.74, 6) is 0.728. The molecule has 2 N–H and O–H groups in total. The molecule has 1 aromatic heterocycles. The molecule has 0 radical (unpaired) electrons. The fourth-order valence-corrected chi connectivity index (χ4v) is 2.65. The molecular formula is C15H18F2N4OS. The number of aryl methyl sites for hydroxylation is 1. The van der Waals surface area contributed by atoms with Crippen molar-refractivity contribution in [1.29, 1.82) is 0 Å². The molecule has 0 saturated carbocycles. The van der Waals surface area contributed by atoms with Crippen LogP contribution in [0.3, 0.4) is 0 Å². The van der Waals surface area contributed by atoms with Gasteiger partial charge in [0.2, 0.25) is 0 Å². The summed E-state index contributed by atoms with van der Waals surface area (Å²) in [6, 6.07) is 6.66. The first-order valence-electron chi connectivity index (χ1n) is 6.97. The van der Waals surface area contributed by atoms with E-state index < -0.39 is 6.61 Å². The van der Waals surface area contributed by atoms with E-state index in [0.717, 1.165) is 9.88 Å². The van der Waals surface area contributed by atoms with Crippen LogP contribution in [-0.4, -0.2) is 24.6 Å². The number of nitrogens with zero attached hydrogens (tertiary/aromatic N) is 2. The predicted molar refractivity (Wildman–Crippen MR) is 87.0 cm³/mol. The summed E-state index contributed by atoms with van der Waals surface area (Å²) < 4.78 is 29.3. The molecule has 2 aromatic rings. The monoisotopic (exact) mass is 340 g/mol. The number of para-hydroxylation sites is 1. The van der Waals surface area contributed by atoms with Gasteiger partial charge in [0.15, 0.2) is 5.96 Å². The molecule has 0 fully saturated rings. The standard InChI is InChI=1S/C15H18F2N4OS/c1-10-19-8-12(23-10)9-21-15(18-2)20-7-11-5-3-4-6-13(11)22-14(16)17/h3-6,8,14H,7,9H2,1-2H3,(H2,18,20,21). The van der Waals surface area contributed by atoms with Crippen molar-refractivity contribution >= 4 is 17.3 Å². The van der Waals surface area contributed by atoms with Gasteiger partial charge in [-0.3, -0.25) is 4.99 Å². The van der Waals surface area contributed by atoms with Gasteiger partial charge in [-0.25, -0.2) is 4.98 Å². The molecular weight excluding hydrogens is 322 g/mol. The highest BCUT2D eigenvalue weighted by Crippen LogP contribution is 2.19. The number of halogens is 2. The lowest BCUT2D eigenvalue weighted by molar-refractivity contribution is -0.0504. The molecule has 5 nitrogen and oxygen atoms in total. The maximum atomic E-state index is 12.4. The van der Waals surface area contributed by atoms with Crippen LogP contribution in [0.5, 0.6) is 5.75 Å². The number of guanidine groups is 1. The van der Waals surface area contributed by atoms with E-state index in [1.54, 1.807) is 36.6 Å². The highest BCUT2D eigenvalue weighted by Gasteiger charge is 2.09. The number of thiazole rings is 1. The van der Waals surface area contributed by atoms with Crippen molar-refractivity contribution in [2.45, 2.75) is 26.6 Å². The minimum atomic E-state index is -2.84. The Labute approximate surface area is 137 Å². The predicted octanol–water partition coefficient (Wildman–Crippen LogP) is 2.92. The normalized spacial score (nSPS) is 11.6. The first-order valence-corrected chi connectivity index (χ1v) is 7.78. The second-order valence-electron chi connectivity index (χ2n) is 4.61. The van der Waals surface area contributed by atoms with Gasteiger partial charge in [0.25, 0.3) is 0 Å². The first-order chi connectivity index (χ1) is 11.1. The van der Waals surface area contributed by atoms with Gasteiger partial charge in [-0.1, -0.05) is 18.2 Å². The Kier molecular flexibility index (Phi) is 6.28. The van der Waals surface area contributed by atoms with Crippen molar-refractivity contribution in [3.63, 3.8) is 0 Å². The highest BCUT2D eigenvalue weighted by molar-refractivity contribution is 7.11. The van der Waals surface area contributed by atoms with Gasteiger partial charge in [-0.05, 0) is 13.0 Å². The summed E-state index contributed by atoms with van der Waals surface area (Å²) >= 11 is 1.60. The van der Waals surface area contributed by atoms with Crippen LogP contribution >= 0.6 is 11.3 Å².